The Morgan fingerprint density at radius 1 is 1.20 bits per heavy atom. The molecule has 20 heavy (non-hydrogen) atoms. The van der Waals surface area contributed by atoms with Gasteiger partial charge in [0.2, 0.25) is 0 Å². The summed E-state index contributed by atoms with van der Waals surface area (Å²) in [6.07, 6.45) is 0. The Hall–Kier alpha value is -0.971. The van der Waals surface area contributed by atoms with Crippen molar-refractivity contribution in [2.45, 2.75) is 0 Å². The fourth-order valence-electron chi connectivity index (χ4n) is 1.85. The maximum atomic E-state index is 12.0. The number of hydrogen-bond donors (Lipinski definition) is 0. The van der Waals surface area contributed by atoms with Crippen molar-refractivity contribution in [3.8, 4) is 0 Å². The molecule has 1 aliphatic rings. The standard InChI is InChI=1S/C13H13N3O2Se2/c17-11(10-4-2-1-3-5-10)14-12-15-13(20-19-12)16-6-8-18-9-7-16/h1-5H,6-9H2. The monoisotopic (exact) mass is 403 g/mol. The van der Waals surface area contributed by atoms with E-state index in [0.717, 1.165) is 35.4 Å². The summed E-state index contributed by atoms with van der Waals surface area (Å²) in [4.78, 5) is 23.0. The maximum absolute atomic E-state index is 12.0. The van der Waals surface area contributed by atoms with E-state index >= 15 is 0 Å². The van der Waals surface area contributed by atoms with Gasteiger partial charge in [0, 0.05) is 0 Å². The third kappa shape index (κ3) is 3.37. The van der Waals surface area contributed by atoms with Crippen LogP contribution in [0.4, 0.5) is 4.69 Å². The molecule has 0 radical (unpaired) electrons. The number of ether oxygens (including phenoxy) is 1. The molecule has 1 saturated heterocycles. The third-order valence-corrected chi connectivity index (χ3v) is 8.96. The van der Waals surface area contributed by atoms with E-state index in [2.05, 4.69) is 14.9 Å². The van der Waals surface area contributed by atoms with Gasteiger partial charge in [-0.25, -0.2) is 0 Å². The second-order valence-electron chi connectivity index (χ2n) is 4.23. The number of carbonyl (C=O) groups is 1. The molecule has 1 amide bonds. The molecule has 1 fully saturated rings. The van der Waals surface area contributed by atoms with E-state index in [1.54, 1.807) is 12.1 Å². The van der Waals surface area contributed by atoms with Gasteiger partial charge in [0.05, 0.1) is 0 Å². The van der Waals surface area contributed by atoms with Crippen LogP contribution in [-0.4, -0.2) is 62.5 Å². The molecule has 1 aromatic carbocycles. The van der Waals surface area contributed by atoms with E-state index in [4.69, 9.17) is 4.74 Å². The summed E-state index contributed by atoms with van der Waals surface area (Å²) >= 11 is 0.575. The molecule has 0 aliphatic carbocycles. The summed E-state index contributed by atoms with van der Waals surface area (Å²) in [5.41, 5.74) is 0.623. The molecule has 3 rings (SSSR count). The SMILES string of the molecule is O=C(N=c1nc(N2CCOCC2)[se][se]1)c1ccccc1. The van der Waals surface area contributed by atoms with Gasteiger partial charge in [-0.3, -0.25) is 0 Å². The van der Waals surface area contributed by atoms with Gasteiger partial charge in [-0.15, -0.1) is 0 Å². The average Bonchev–Trinajstić information content (AvgIpc) is 2.97. The summed E-state index contributed by atoms with van der Waals surface area (Å²) in [7, 11) is 0. The zero-order chi connectivity index (χ0) is 13.8. The first kappa shape index (κ1) is 14.0. The first-order valence-electron chi connectivity index (χ1n) is 6.27. The van der Waals surface area contributed by atoms with Crippen molar-refractivity contribution < 1.29 is 9.53 Å². The van der Waals surface area contributed by atoms with E-state index in [0.29, 0.717) is 18.2 Å². The topological polar surface area (TPSA) is 54.8 Å². The number of morpholine rings is 1. The minimum atomic E-state index is -0.190. The van der Waals surface area contributed by atoms with Gasteiger partial charge in [0.1, 0.15) is 0 Å². The predicted octanol–water partition coefficient (Wildman–Crippen LogP) is -0.227. The van der Waals surface area contributed by atoms with Crippen LogP contribution >= 0.6 is 0 Å². The second kappa shape index (κ2) is 6.65. The second-order valence-corrected chi connectivity index (χ2v) is 10.1. The van der Waals surface area contributed by atoms with Crippen LogP contribution in [0, 0.1) is 0 Å². The summed E-state index contributed by atoms with van der Waals surface area (Å²) in [6, 6.07) is 9.15. The van der Waals surface area contributed by atoms with Crippen LogP contribution in [0.15, 0.2) is 35.3 Å². The first-order chi connectivity index (χ1) is 9.83. The van der Waals surface area contributed by atoms with Crippen LogP contribution in [0.25, 0.3) is 0 Å². The van der Waals surface area contributed by atoms with Gasteiger partial charge >= 0.3 is 127 Å². The molecule has 0 N–H and O–H groups in total. The molecule has 7 heteroatoms. The number of amides is 1. The summed E-state index contributed by atoms with van der Waals surface area (Å²) in [6.45, 7) is 3.32. The molecule has 1 aromatic heterocycles. The van der Waals surface area contributed by atoms with Gasteiger partial charge in [-0.2, -0.15) is 0 Å². The molecule has 0 unspecified atom stereocenters. The molecular formula is C13H13N3O2Se2. The zero-order valence-corrected chi connectivity index (χ0v) is 14.1. The molecule has 2 aromatic rings. The quantitative estimate of drug-likeness (QED) is 0.653. The fourth-order valence-corrected chi connectivity index (χ4v) is 7.82. The molecule has 5 nitrogen and oxygen atoms in total. The number of nitrogens with zero attached hydrogens (tertiary/aromatic N) is 3. The van der Waals surface area contributed by atoms with Crippen molar-refractivity contribution in [2.24, 2.45) is 4.99 Å². The molecule has 2 heterocycles. The number of rotatable bonds is 2. The van der Waals surface area contributed by atoms with Crippen LogP contribution < -0.4 is 9.26 Å². The number of benzene rings is 1. The summed E-state index contributed by atoms with van der Waals surface area (Å²) < 4.78 is 7.19. The van der Waals surface area contributed by atoms with Gasteiger partial charge < -0.3 is 0 Å². The van der Waals surface area contributed by atoms with Crippen molar-refractivity contribution in [3.63, 3.8) is 0 Å². The summed E-state index contributed by atoms with van der Waals surface area (Å²) in [5.74, 6) is -0.190. The third-order valence-electron chi connectivity index (χ3n) is 2.88. The van der Waals surface area contributed by atoms with E-state index in [9.17, 15) is 4.79 Å². The van der Waals surface area contributed by atoms with Crippen molar-refractivity contribution in [3.05, 3.63) is 40.3 Å². The van der Waals surface area contributed by atoms with Crippen LogP contribution in [0.1, 0.15) is 10.4 Å². The van der Waals surface area contributed by atoms with Gasteiger partial charge in [0.25, 0.3) is 0 Å². The number of carbonyl (C=O) groups excluding carboxylic acids is 1. The molecule has 0 bridgehead atoms. The number of aromatic nitrogens is 1. The van der Waals surface area contributed by atoms with Crippen LogP contribution in [0.5, 0.6) is 0 Å². The van der Waals surface area contributed by atoms with E-state index in [1.807, 2.05) is 18.2 Å². The Labute approximate surface area is 126 Å². The Balaban J connectivity index is 1.79. The number of hydrogen-bond acceptors (Lipinski definition) is 4. The first-order valence-corrected chi connectivity index (χ1v) is 12.3. The van der Waals surface area contributed by atoms with Crippen LogP contribution in [0.3, 0.4) is 0 Å². The Kier molecular flexibility index (Phi) is 4.65. The van der Waals surface area contributed by atoms with Gasteiger partial charge in [-0.1, -0.05) is 0 Å². The van der Waals surface area contributed by atoms with Gasteiger partial charge in [0.15, 0.2) is 0 Å². The Morgan fingerprint density at radius 2 is 1.95 bits per heavy atom. The van der Waals surface area contributed by atoms with Crippen molar-refractivity contribution in [1.29, 1.82) is 0 Å². The van der Waals surface area contributed by atoms with E-state index in [1.165, 1.54) is 0 Å². The molecule has 104 valence electrons. The van der Waals surface area contributed by atoms with Crippen molar-refractivity contribution in [1.82, 2.24) is 4.98 Å². The zero-order valence-electron chi connectivity index (χ0n) is 10.7. The van der Waals surface area contributed by atoms with Crippen molar-refractivity contribution >= 4 is 35.9 Å². The van der Waals surface area contributed by atoms with E-state index < -0.39 is 0 Å². The summed E-state index contributed by atoms with van der Waals surface area (Å²) in [5, 5.41) is 0. The average molecular weight is 401 g/mol. The van der Waals surface area contributed by atoms with Crippen molar-refractivity contribution in [2.75, 3.05) is 31.2 Å². The van der Waals surface area contributed by atoms with Gasteiger partial charge in [-0.05, 0) is 0 Å². The fraction of sp³-hybridized carbons (Fsp3) is 0.308. The Morgan fingerprint density at radius 3 is 2.70 bits per heavy atom. The predicted molar refractivity (Wildman–Crippen MR) is 77.5 cm³/mol. The molecule has 0 spiro atoms. The van der Waals surface area contributed by atoms with Crippen LogP contribution in [0.2, 0.25) is 0 Å². The molecule has 1 aliphatic heterocycles. The molecule has 0 saturated carbocycles. The van der Waals surface area contributed by atoms with E-state index in [-0.39, 0.29) is 18.5 Å². The Bertz CT molecular complexity index is 645. The minimum absolute atomic E-state index is 0.190. The van der Waals surface area contributed by atoms with Crippen LogP contribution in [-0.2, 0) is 4.74 Å². The molecular weight excluding hydrogens is 388 g/mol. The normalized spacial score (nSPS) is 16.4. The number of anilines is 1. The molecule has 0 atom stereocenters.